The number of halogens is 2. The summed E-state index contributed by atoms with van der Waals surface area (Å²) in [7, 11) is 0. The van der Waals surface area contributed by atoms with Gasteiger partial charge in [0.2, 0.25) is 0 Å². The second-order valence-corrected chi connectivity index (χ2v) is 31.0. The molecule has 0 aliphatic heterocycles. The first-order valence-electron chi connectivity index (χ1n) is 17.7. The van der Waals surface area contributed by atoms with E-state index in [0.717, 1.165) is 25.7 Å². The fourth-order valence-electron chi connectivity index (χ4n) is 4.88. The molecule has 6 heteroatoms. The Morgan fingerprint density at radius 2 is 0.519 bits per heavy atom. The maximum atomic E-state index is 3.28. The summed E-state index contributed by atoms with van der Waals surface area (Å²) in [6, 6.07) is 41.4. The van der Waals surface area contributed by atoms with E-state index in [2.05, 4.69) is 196 Å². The molecule has 54 heavy (non-hydrogen) atoms. The summed E-state index contributed by atoms with van der Waals surface area (Å²) >= 11 is 3.48. The van der Waals surface area contributed by atoms with Crippen molar-refractivity contribution in [3.63, 3.8) is 0 Å². The molecule has 4 aromatic carbocycles. The van der Waals surface area contributed by atoms with Gasteiger partial charge in [0.25, 0.3) is 0 Å². The molecule has 4 aliphatic rings. The van der Waals surface area contributed by atoms with Crippen molar-refractivity contribution in [2.45, 2.75) is 51.9 Å². The average molecular weight is 934 g/mol. The molecule has 0 unspecified atom stereocenters. The third-order valence-electron chi connectivity index (χ3n) is 7.12. The molecule has 0 nitrogen and oxygen atoms in total. The van der Waals surface area contributed by atoms with E-state index in [0.29, 0.717) is 0 Å². The predicted molar refractivity (Wildman–Crippen MR) is 222 cm³/mol. The first-order valence-corrected chi connectivity index (χ1v) is 30.1. The van der Waals surface area contributed by atoms with Crippen LogP contribution >= 0.6 is 0 Å². The van der Waals surface area contributed by atoms with Gasteiger partial charge in [-0.1, -0.05) is 98.5 Å². The van der Waals surface area contributed by atoms with E-state index < -0.39 is 0 Å². The molecule has 0 fully saturated rings. The summed E-state index contributed by atoms with van der Waals surface area (Å²) in [5.74, 6) is 0. The second kappa shape index (κ2) is 30.8. The minimum Gasteiger partial charge on any atom is -1.00 e. The van der Waals surface area contributed by atoms with Crippen molar-refractivity contribution in [2.75, 3.05) is 0 Å². The molecule has 0 radical (unpaired) electrons. The molecule has 0 atom stereocenters. The van der Waals surface area contributed by atoms with Crippen LogP contribution < -0.4 is 24.8 Å². The normalized spacial score (nSPS) is 13.3. The monoisotopic (exact) mass is 930 g/mol. The molecule has 8 rings (SSSR count). The van der Waals surface area contributed by atoms with E-state index in [1.165, 1.54) is 44.5 Å². The predicted octanol–water partition coefficient (Wildman–Crippen LogP) is 6.91. The minimum absolute atomic E-state index is 0. The van der Waals surface area contributed by atoms with Gasteiger partial charge in [-0.3, -0.25) is 0 Å². The summed E-state index contributed by atoms with van der Waals surface area (Å²) in [6.45, 7) is 9.23. The molecule has 0 saturated carbocycles. The van der Waals surface area contributed by atoms with Crippen molar-refractivity contribution >= 4 is 33.2 Å². The van der Waals surface area contributed by atoms with Crippen LogP contribution in [0.1, 0.15) is 47.9 Å². The van der Waals surface area contributed by atoms with Crippen molar-refractivity contribution in [1.29, 1.82) is 0 Å². The van der Waals surface area contributed by atoms with Gasteiger partial charge in [-0.25, -0.2) is 0 Å². The standard InChI is InChI=1S/4C11H9.2C2H6Si.2ClH.2Zr/c4*1-2-6-10(7-3-1)11-8-4-5-9-11;2*1-3-2;;;;/h4*1-4,6-8H,5H2;2*1-2H3;2*1H;;/q4*-1;;;;;2*+2/p-2. The Kier molecular flexibility index (Phi) is 28.3. The van der Waals surface area contributed by atoms with Gasteiger partial charge in [0.15, 0.2) is 0 Å². The van der Waals surface area contributed by atoms with Gasteiger partial charge < -0.3 is 24.8 Å². The minimum atomic E-state index is 0. The molecular weight excluding hydrogens is 886 g/mol. The van der Waals surface area contributed by atoms with Gasteiger partial charge in [-0.2, -0.15) is 70.9 Å². The van der Waals surface area contributed by atoms with E-state index in [1.54, 1.807) is 46.7 Å². The van der Waals surface area contributed by atoms with Gasteiger partial charge in [0.05, 0.1) is 0 Å². The van der Waals surface area contributed by atoms with Gasteiger partial charge in [0.1, 0.15) is 0 Å². The maximum absolute atomic E-state index is 3.28. The zero-order valence-corrected chi connectivity index (χ0v) is 40.2. The Hall–Kier alpha value is -2.42. The van der Waals surface area contributed by atoms with Crippen molar-refractivity contribution in [1.82, 2.24) is 0 Å². The number of rotatable bonds is 4. The van der Waals surface area contributed by atoms with Crippen LogP contribution in [-0.4, -0.2) is 10.9 Å². The van der Waals surface area contributed by atoms with Crippen LogP contribution in [0.3, 0.4) is 0 Å². The summed E-state index contributed by atoms with van der Waals surface area (Å²) < 4.78 is 0. The zero-order chi connectivity index (χ0) is 37.2. The number of hydrogen-bond acceptors (Lipinski definition) is 0. The third kappa shape index (κ3) is 21.6. The Bertz CT molecular complexity index is 1640. The first-order chi connectivity index (χ1) is 25.3. The summed E-state index contributed by atoms with van der Waals surface area (Å²) in [5.41, 5.74) is 10.4. The zero-order valence-electron chi connectivity index (χ0n) is 31.8. The van der Waals surface area contributed by atoms with Crippen molar-refractivity contribution in [2.24, 2.45) is 0 Å². The maximum Gasteiger partial charge on any atom is -0.0643 e. The topological polar surface area (TPSA) is 0 Å². The van der Waals surface area contributed by atoms with E-state index >= 15 is 0 Å². The Morgan fingerprint density at radius 3 is 0.648 bits per heavy atom. The van der Waals surface area contributed by atoms with E-state index in [1.807, 2.05) is 24.3 Å². The van der Waals surface area contributed by atoms with Crippen LogP contribution in [0.5, 0.6) is 0 Å². The van der Waals surface area contributed by atoms with Crippen LogP contribution in [0.2, 0.25) is 26.2 Å². The fraction of sp³-hybridized carbons (Fsp3) is 0.167. The van der Waals surface area contributed by atoms with Crippen molar-refractivity contribution < 1.29 is 71.5 Å². The van der Waals surface area contributed by atoms with Crippen molar-refractivity contribution in [3.8, 4) is 0 Å². The molecule has 0 amide bonds. The Balaban J connectivity index is 0.000000334. The molecule has 0 N–H and O–H groups in total. The van der Waals surface area contributed by atoms with Gasteiger partial charge in [-0.15, -0.1) is 95.1 Å². The molecule has 0 heterocycles. The molecule has 4 aromatic rings. The Morgan fingerprint density at radius 1 is 0.352 bits per heavy atom. The van der Waals surface area contributed by atoms with Crippen LogP contribution in [0.4, 0.5) is 0 Å². The molecular formula is C48H48Cl2Si2Zr2-2. The summed E-state index contributed by atoms with van der Waals surface area (Å²) in [5, 5.41) is 0. The molecule has 272 valence electrons. The average Bonchev–Trinajstić information content (AvgIpc) is 4.02. The van der Waals surface area contributed by atoms with E-state index in [4.69, 9.17) is 0 Å². The number of benzene rings is 4. The largest absolute Gasteiger partial charge is 1.00 e. The molecule has 0 bridgehead atoms. The third-order valence-corrected chi connectivity index (χ3v) is 7.12. The second-order valence-electron chi connectivity index (χ2n) is 12.3. The quantitative estimate of drug-likeness (QED) is 0.154. The molecule has 0 saturated heterocycles. The van der Waals surface area contributed by atoms with E-state index in [9.17, 15) is 0 Å². The van der Waals surface area contributed by atoms with Crippen molar-refractivity contribution in [3.05, 3.63) is 216 Å². The smallest absolute Gasteiger partial charge is 0.0643 e. The molecule has 0 spiro atoms. The number of hydrogen-bond donors (Lipinski definition) is 0. The fourth-order valence-corrected chi connectivity index (χ4v) is 4.88. The summed E-state index contributed by atoms with van der Waals surface area (Å²) in [4.78, 5) is 0. The summed E-state index contributed by atoms with van der Waals surface area (Å²) in [6.07, 6.45) is 34.0. The van der Waals surface area contributed by atoms with Gasteiger partial charge >= 0.3 is 83.7 Å². The first kappa shape index (κ1) is 49.6. The van der Waals surface area contributed by atoms with Crippen LogP contribution in [0.25, 0.3) is 22.3 Å². The SMILES string of the molecule is C[Si](C)=[Zr+2].C[Si](C)=[Zr+2].[C-]1=C(c2ccccc2)C=CC1.[C-]1=C(c2ccccc2)C=CC1.[C-]1=C(c2ccccc2)C=CC1.[C-]1=C(c2ccccc2)C=CC1.[Cl-].[Cl-]. The van der Waals surface area contributed by atoms with Crippen LogP contribution in [0.15, 0.2) is 170 Å². The van der Waals surface area contributed by atoms with Crippen LogP contribution in [0, 0.1) is 24.3 Å². The number of allylic oxidation sites excluding steroid dienone is 16. The van der Waals surface area contributed by atoms with E-state index in [-0.39, 0.29) is 35.7 Å². The Labute approximate surface area is 369 Å². The van der Waals surface area contributed by atoms with Gasteiger partial charge in [0, 0.05) is 0 Å². The van der Waals surface area contributed by atoms with Crippen LogP contribution in [-0.2, 0) is 46.7 Å². The van der Waals surface area contributed by atoms with Gasteiger partial charge in [-0.05, 0) is 0 Å². The molecule has 0 aromatic heterocycles. The molecule has 4 aliphatic carbocycles.